The van der Waals surface area contributed by atoms with Crippen LogP contribution in [0.5, 0.6) is 0 Å². The summed E-state index contributed by atoms with van der Waals surface area (Å²) in [4.78, 5) is 12.0. The number of hydrogen-bond donors (Lipinski definition) is 2. The van der Waals surface area contributed by atoms with Crippen molar-refractivity contribution >= 4 is 11.7 Å². The Bertz CT molecular complexity index is 435. The van der Waals surface area contributed by atoms with E-state index in [1.165, 1.54) is 0 Å². The third-order valence-corrected chi connectivity index (χ3v) is 2.86. The van der Waals surface area contributed by atoms with Crippen molar-refractivity contribution in [3.05, 3.63) is 24.4 Å². The van der Waals surface area contributed by atoms with Crippen LogP contribution in [0.25, 0.3) is 0 Å². The van der Waals surface area contributed by atoms with Gasteiger partial charge >= 0.3 is 0 Å². The number of hydrogen-bond acceptors (Lipinski definition) is 3. The van der Waals surface area contributed by atoms with E-state index in [-0.39, 0.29) is 23.9 Å². The second-order valence-electron chi connectivity index (χ2n) is 4.63. The lowest BCUT2D eigenvalue weighted by Gasteiger charge is -2.14. The highest BCUT2D eigenvalue weighted by Gasteiger charge is 2.23. The van der Waals surface area contributed by atoms with Crippen LogP contribution in [-0.4, -0.2) is 21.7 Å². The van der Waals surface area contributed by atoms with Crippen molar-refractivity contribution in [2.75, 3.05) is 5.32 Å². The van der Waals surface area contributed by atoms with Crippen LogP contribution in [0.15, 0.2) is 24.4 Å². The van der Waals surface area contributed by atoms with Crippen molar-refractivity contribution in [1.29, 1.82) is 0 Å². The summed E-state index contributed by atoms with van der Waals surface area (Å²) < 4.78 is 1.79. The maximum atomic E-state index is 12.0. The maximum Gasteiger partial charge on any atom is 0.232 e. The molecular weight excluding hydrogens is 216 g/mol. The van der Waals surface area contributed by atoms with Gasteiger partial charge in [0.1, 0.15) is 5.82 Å². The van der Waals surface area contributed by atoms with Crippen molar-refractivity contribution in [2.45, 2.75) is 32.4 Å². The molecule has 1 amide bonds. The molecule has 5 nitrogen and oxygen atoms in total. The molecule has 1 heterocycles. The van der Waals surface area contributed by atoms with Gasteiger partial charge in [0.05, 0.1) is 12.1 Å². The summed E-state index contributed by atoms with van der Waals surface area (Å²) in [5.74, 6) is 0.594. The first-order valence-corrected chi connectivity index (χ1v) is 5.86. The number of nitrogens with one attached hydrogen (secondary N) is 1. The first-order chi connectivity index (χ1) is 8.08. The normalized spacial score (nSPS) is 23.3. The average Bonchev–Trinajstić information content (AvgIpc) is 2.86. The van der Waals surface area contributed by atoms with Gasteiger partial charge < -0.3 is 11.1 Å². The number of rotatable bonds is 3. The molecule has 3 N–H and O–H groups in total. The van der Waals surface area contributed by atoms with Crippen LogP contribution >= 0.6 is 0 Å². The van der Waals surface area contributed by atoms with E-state index in [4.69, 9.17) is 5.73 Å². The van der Waals surface area contributed by atoms with Gasteiger partial charge in [-0.05, 0) is 20.3 Å². The van der Waals surface area contributed by atoms with E-state index >= 15 is 0 Å². The quantitative estimate of drug-likeness (QED) is 0.774. The molecule has 0 saturated heterocycles. The highest BCUT2D eigenvalue weighted by Crippen LogP contribution is 2.20. The summed E-state index contributed by atoms with van der Waals surface area (Å²) in [6.45, 7) is 4.04. The molecule has 0 spiro atoms. The van der Waals surface area contributed by atoms with E-state index in [0.29, 0.717) is 6.42 Å². The molecule has 0 bridgehead atoms. The van der Waals surface area contributed by atoms with Gasteiger partial charge in [0.25, 0.3) is 0 Å². The van der Waals surface area contributed by atoms with Gasteiger partial charge in [-0.25, -0.2) is 4.68 Å². The molecule has 1 aromatic heterocycles. The van der Waals surface area contributed by atoms with Crippen molar-refractivity contribution in [3.63, 3.8) is 0 Å². The molecule has 17 heavy (non-hydrogen) atoms. The first kappa shape index (κ1) is 11.9. The molecule has 0 aliphatic heterocycles. The number of carbonyl (C=O) groups is 1. The van der Waals surface area contributed by atoms with E-state index in [1.807, 2.05) is 26.0 Å². The molecule has 2 rings (SSSR count). The molecule has 0 saturated carbocycles. The van der Waals surface area contributed by atoms with Gasteiger partial charge in [0, 0.05) is 18.2 Å². The second-order valence-corrected chi connectivity index (χ2v) is 4.63. The van der Waals surface area contributed by atoms with Gasteiger partial charge in [0.15, 0.2) is 0 Å². The molecule has 0 fully saturated rings. The molecular formula is C12H18N4O. The van der Waals surface area contributed by atoms with Crippen molar-refractivity contribution in [1.82, 2.24) is 9.78 Å². The Hall–Kier alpha value is -1.62. The topological polar surface area (TPSA) is 72.9 Å². The van der Waals surface area contributed by atoms with Crippen LogP contribution in [0.1, 0.15) is 26.3 Å². The molecule has 1 aliphatic carbocycles. The van der Waals surface area contributed by atoms with E-state index < -0.39 is 0 Å². The molecule has 1 aliphatic rings. The predicted octanol–water partition coefficient (Wildman–Crippen LogP) is 1.31. The summed E-state index contributed by atoms with van der Waals surface area (Å²) >= 11 is 0. The first-order valence-electron chi connectivity index (χ1n) is 5.86. The Morgan fingerprint density at radius 3 is 2.94 bits per heavy atom. The third kappa shape index (κ3) is 2.55. The summed E-state index contributed by atoms with van der Waals surface area (Å²) in [5.41, 5.74) is 5.73. The van der Waals surface area contributed by atoms with Crippen molar-refractivity contribution < 1.29 is 4.79 Å². The standard InChI is InChI=1S/C12H18N4O/c1-8(2)16-11(5-6-14-16)15-12(17)9-3-4-10(13)7-9/h3-6,8-10H,7,13H2,1-2H3,(H,15,17). The van der Waals surface area contributed by atoms with Crippen LogP contribution in [0.2, 0.25) is 0 Å². The van der Waals surface area contributed by atoms with Gasteiger partial charge in [-0.15, -0.1) is 0 Å². The number of amides is 1. The molecule has 0 aromatic carbocycles. The number of nitrogens with zero attached hydrogens (tertiary/aromatic N) is 2. The summed E-state index contributed by atoms with van der Waals surface area (Å²) in [6, 6.07) is 2.03. The fraction of sp³-hybridized carbons (Fsp3) is 0.500. The highest BCUT2D eigenvalue weighted by atomic mass is 16.2. The minimum absolute atomic E-state index is 0.000703. The lowest BCUT2D eigenvalue weighted by Crippen LogP contribution is -2.25. The largest absolute Gasteiger partial charge is 0.324 e. The zero-order valence-electron chi connectivity index (χ0n) is 10.1. The Morgan fingerprint density at radius 2 is 2.35 bits per heavy atom. The maximum absolute atomic E-state index is 12.0. The summed E-state index contributed by atoms with van der Waals surface area (Å²) in [6.07, 6.45) is 6.12. The van der Waals surface area contributed by atoms with Crippen LogP contribution in [0.4, 0.5) is 5.82 Å². The number of aromatic nitrogens is 2. The van der Waals surface area contributed by atoms with Crippen LogP contribution in [-0.2, 0) is 4.79 Å². The van der Waals surface area contributed by atoms with Crippen LogP contribution in [0, 0.1) is 5.92 Å². The zero-order valence-corrected chi connectivity index (χ0v) is 10.1. The summed E-state index contributed by atoms with van der Waals surface area (Å²) in [5, 5.41) is 7.06. The summed E-state index contributed by atoms with van der Waals surface area (Å²) in [7, 11) is 0. The molecule has 0 radical (unpaired) electrons. The minimum atomic E-state index is -0.125. The zero-order chi connectivity index (χ0) is 12.4. The van der Waals surface area contributed by atoms with Gasteiger partial charge in [0.2, 0.25) is 5.91 Å². The highest BCUT2D eigenvalue weighted by molar-refractivity contribution is 5.93. The van der Waals surface area contributed by atoms with E-state index in [2.05, 4.69) is 10.4 Å². The number of carbonyl (C=O) groups excluding carboxylic acids is 1. The Labute approximate surface area is 101 Å². The minimum Gasteiger partial charge on any atom is -0.324 e. The predicted molar refractivity (Wildman–Crippen MR) is 66.5 cm³/mol. The SMILES string of the molecule is CC(C)n1nccc1NC(=O)C1C=CC(N)C1. The van der Waals surface area contributed by atoms with E-state index in [1.54, 1.807) is 16.9 Å². The molecule has 92 valence electrons. The van der Waals surface area contributed by atoms with Crippen LogP contribution in [0.3, 0.4) is 0 Å². The lowest BCUT2D eigenvalue weighted by atomic mass is 10.1. The fourth-order valence-corrected chi connectivity index (χ4v) is 1.97. The Morgan fingerprint density at radius 1 is 1.59 bits per heavy atom. The fourth-order valence-electron chi connectivity index (χ4n) is 1.97. The monoisotopic (exact) mass is 234 g/mol. The molecule has 5 heteroatoms. The third-order valence-electron chi connectivity index (χ3n) is 2.86. The molecule has 2 atom stereocenters. The number of nitrogens with two attached hydrogens (primary N) is 1. The average molecular weight is 234 g/mol. The molecule has 2 unspecified atom stereocenters. The van der Waals surface area contributed by atoms with Gasteiger partial charge in [-0.1, -0.05) is 12.2 Å². The van der Waals surface area contributed by atoms with Gasteiger partial charge in [-0.2, -0.15) is 5.10 Å². The van der Waals surface area contributed by atoms with Crippen molar-refractivity contribution in [3.8, 4) is 0 Å². The van der Waals surface area contributed by atoms with Crippen LogP contribution < -0.4 is 11.1 Å². The number of anilines is 1. The van der Waals surface area contributed by atoms with E-state index in [0.717, 1.165) is 5.82 Å². The Kier molecular flexibility index (Phi) is 3.28. The van der Waals surface area contributed by atoms with E-state index in [9.17, 15) is 4.79 Å². The lowest BCUT2D eigenvalue weighted by molar-refractivity contribution is -0.118. The Balaban J connectivity index is 2.03. The second kappa shape index (κ2) is 4.71. The molecule has 1 aromatic rings. The van der Waals surface area contributed by atoms with Gasteiger partial charge in [-0.3, -0.25) is 4.79 Å². The smallest absolute Gasteiger partial charge is 0.232 e. The van der Waals surface area contributed by atoms with Crippen molar-refractivity contribution in [2.24, 2.45) is 11.7 Å².